The molecule has 0 radical (unpaired) electrons. The molecule has 0 spiro atoms. The van der Waals surface area contributed by atoms with Gasteiger partial charge in [-0.3, -0.25) is 4.99 Å². The molecule has 3 heteroatoms. The predicted octanol–water partition coefficient (Wildman–Crippen LogP) is 2.19. The second-order valence-corrected chi connectivity index (χ2v) is 2.96. The summed E-state index contributed by atoms with van der Waals surface area (Å²) in [5.41, 5.74) is 0. The third kappa shape index (κ3) is 1.70. The zero-order valence-corrected chi connectivity index (χ0v) is 6.52. The number of halogens is 2. The van der Waals surface area contributed by atoms with Gasteiger partial charge in [0.25, 0.3) is 0 Å². The molecule has 1 nitrogen and oxygen atoms in total. The van der Waals surface area contributed by atoms with Crippen LogP contribution in [0.3, 0.4) is 0 Å². The van der Waals surface area contributed by atoms with Crippen LogP contribution < -0.4 is 0 Å². The van der Waals surface area contributed by atoms with Crippen molar-refractivity contribution in [1.82, 2.24) is 0 Å². The van der Waals surface area contributed by atoms with Gasteiger partial charge < -0.3 is 0 Å². The van der Waals surface area contributed by atoms with Crippen LogP contribution in [-0.4, -0.2) is 17.6 Å². The van der Waals surface area contributed by atoms with E-state index in [4.69, 9.17) is 23.2 Å². The quantitative estimate of drug-likeness (QED) is 0.486. The lowest BCUT2D eigenvalue weighted by Crippen LogP contribution is -2.16. The average molecular weight is 164 g/mol. The van der Waals surface area contributed by atoms with Crippen LogP contribution in [0.2, 0.25) is 0 Å². The molecule has 9 heavy (non-hydrogen) atoms. The van der Waals surface area contributed by atoms with Gasteiger partial charge in [-0.25, -0.2) is 0 Å². The molecule has 0 aromatic carbocycles. The molecule has 1 heterocycles. The van der Waals surface area contributed by atoms with Crippen molar-refractivity contribution in [3.63, 3.8) is 0 Å². The van der Waals surface area contributed by atoms with Gasteiger partial charge >= 0.3 is 0 Å². The van der Waals surface area contributed by atoms with Crippen molar-refractivity contribution in [3.8, 4) is 0 Å². The molecule has 0 aliphatic carbocycles. The van der Waals surface area contributed by atoms with Crippen LogP contribution in [0.15, 0.2) is 16.1 Å². The fraction of sp³-hybridized carbons (Fsp3) is 0.500. The summed E-state index contributed by atoms with van der Waals surface area (Å²) in [6, 6.07) is 0.161. The second kappa shape index (κ2) is 2.72. The summed E-state index contributed by atoms with van der Waals surface area (Å²) in [6.07, 6.45) is 3.42. The summed E-state index contributed by atoms with van der Waals surface area (Å²) < 4.78 is 0. The Labute approximate surface area is 64.4 Å². The van der Waals surface area contributed by atoms with E-state index in [1.54, 1.807) is 12.3 Å². The number of dihydropyridines is 1. The normalized spacial score (nSPS) is 34.3. The highest BCUT2D eigenvalue weighted by Crippen LogP contribution is 2.16. The second-order valence-electron chi connectivity index (χ2n) is 2.01. The topological polar surface area (TPSA) is 12.4 Å². The van der Waals surface area contributed by atoms with Gasteiger partial charge in [-0.15, -0.1) is 11.6 Å². The smallest absolute Gasteiger partial charge is 0.0754 e. The number of hydrogen-bond acceptors (Lipinski definition) is 1. The Bertz CT molecular complexity index is 162. The van der Waals surface area contributed by atoms with Crippen molar-refractivity contribution in [2.45, 2.75) is 18.3 Å². The zero-order valence-electron chi connectivity index (χ0n) is 5.01. The molecule has 0 N–H and O–H groups in total. The molecular formula is C6H7Cl2N. The first-order valence-electron chi connectivity index (χ1n) is 2.74. The average Bonchev–Trinajstić information content (AvgIpc) is 1.80. The first-order valence-corrected chi connectivity index (χ1v) is 3.56. The molecule has 0 saturated heterocycles. The van der Waals surface area contributed by atoms with E-state index in [-0.39, 0.29) is 11.4 Å². The van der Waals surface area contributed by atoms with Crippen LogP contribution >= 0.6 is 23.2 Å². The van der Waals surface area contributed by atoms with Crippen molar-refractivity contribution < 1.29 is 0 Å². The van der Waals surface area contributed by atoms with Gasteiger partial charge in [-0.2, -0.15) is 0 Å². The van der Waals surface area contributed by atoms with Crippen molar-refractivity contribution in [2.75, 3.05) is 0 Å². The largest absolute Gasteiger partial charge is 0.287 e. The van der Waals surface area contributed by atoms with Gasteiger partial charge in [0.2, 0.25) is 0 Å². The van der Waals surface area contributed by atoms with Gasteiger partial charge in [0.1, 0.15) is 0 Å². The molecule has 2 unspecified atom stereocenters. The summed E-state index contributed by atoms with van der Waals surface area (Å²) in [4.78, 5) is 4.03. The first-order chi connectivity index (χ1) is 4.20. The standard InChI is InChI=1S/C6H7Cl2N/c1-4-6(8)2-5(7)3-9-4/h2-4,6H,1H3. The molecular weight excluding hydrogens is 157 g/mol. The molecule has 50 valence electrons. The fourth-order valence-corrected chi connectivity index (χ4v) is 1.06. The number of hydrogen-bond donors (Lipinski definition) is 0. The van der Waals surface area contributed by atoms with E-state index < -0.39 is 0 Å². The van der Waals surface area contributed by atoms with E-state index in [1.165, 1.54) is 0 Å². The maximum absolute atomic E-state index is 5.79. The lowest BCUT2D eigenvalue weighted by atomic mass is 10.2. The van der Waals surface area contributed by atoms with Gasteiger partial charge in [-0.1, -0.05) is 11.6 Å². The van der Waals surface area contributed by atoms with Crippen molar-refractivity contribution in [1.29, 1.82) is 0 Å². The SMILES string of the molecule is CC1N=CC(Cl)=CC1Cl. The molecule has 2 atom stereocenters. The van der Waals surface area contributed by atoms with Crippen LogP contribution in [-0.2, 0) is 0 Å². The van der Waals surface area contributed by atoms with E-state index in [1.807, 2.05) is 6.92 Å². The molecule has 0 aromatic rings. The molecule has 0 saturated carbocycles. The minimum absolute atomic E-state index is 0.0394. The highest BCUT2D eigenvalue weighted by molar-refractivity contribution is 6.40. The lowest BCUT2D eigenvalue weighted by molar-refractivity contribution is 0.762. The van der Waals surface area contributed by atoms with E-state index in [9.17, 15) is 0 Å². The summed E-state index contributed by atoms with van der Waals surface area (Å²) >= 11 is 11.4. The maximum Gasteiger partial charge on any atom is 0.0754 e. The summed E-state index contributed by atoms with van der Waals surface area (Å²) in [7, 11) is 0. The van der Waals surface area contributed by atoms with Gasteiger partial charge in [0.05, 0.1) is 16.5 Å². The Morgan fingerprint density at radius 1 is 1.67 bits per heavy atom. The molecule has 0 amide bonds. The number of rotatable bonds is 0. The van der Waals surface area contributed by atoms with Crippen molar-refractivity contribution in [2.24, 2.45) is 4.99 Å². The molecule has 1 aliphatic rings. The third-order valence-electron chi connectivity index (χ3n) is 1.21. The summed E-state index contributed by atoms with van der Waals surface area (Å²) in [5, 5.41) is 0.593. The number of allylic oxidation sites excluding steroid dienone is 1. The Morgan fingerprint density at radius 3 is 2.78 bits per heavy atom. The van der Waals surface area contributed by atoms with Crippen molar-refractivity contribution >= 4 is 29.4 Å². The number of alkyl halides is 1. The van der Waals surface area contributed by atoms with Gasteiger partial charge in [-0.05, 0) is 13.0 Å². The first kappa shape index (κ1) is 7.10. The monoisotopic (exact) mass is 163 g/mol. The Kier molecular flexibility index (Phi) is 2.14. The Hall–Kier alpha value is -0.0100. The molecule has 1 aliphatic heterocycles. The van der Waals surface area contributed by atoms with E-state index in [0.29, 0.717) is 5.03 Å². The van der Waals surface area contributed by atoms with Crippen LogP contribution in [0.1, 0.15) is 6.92 Å². The fourth-order valence-electron chi connectivity index (χ4n) is 0.605. The van der Waals surface area contributed by atoms with E-state index in [2.05, 4.69) is 4.99 Å². The van der Waals surface area contributed by atoms with Crippen LogP contribution in [0.25, 0.3) is 0 Å². The third-order valence-corrected chi connectivity index (χ3v) is 1.93. The highest BCUT2D eigenvalue weighted by Gasteiger charge is 2.13. The van der Waals surface area contributed by atoms with Gasteiger partial charge in [0.15, 0.2) is 0 Å². The lowest BCUT2D eigenvalue weighted by Gasteiger charge is -2.13. The number of aliphatic imine (C=N–C) groups is 1. The molecule has 0 aromatic heterocycles. The van der Waals surface area contributed by atoms with Crippen molar-refractivity contribution in [3.05, 3.63) is 11.1 Å². The Balaban J connectivity index is 2.70. The summed E-state index contributed by atoms with van der Waals surface area (Å²) in [5.74, 6) is 0. The zero-order chi connectivity index (χ0) is 6.85. The molecule has 0 fully saturated rings. The van der Waals surface area contributed by atoms with Gasteiger partial charge in [0, 0.05) is 6.21 Å². The maximum atomic E-state index is 5.79. The van der Waals surface area contributed by atoms with Crippen LogP contribution in [0.5, 0.6) is 0 Å². The summed E-state index contributed by atoms with van der Waals surface area (Å²) in [6.45, 7) is 1.95. The predicted molar refractivity (Wildman–Crippen MR) is 41.5 cm³/mol. The number of nitrogens with zero attached hydrogens (tertiary/aromatic N) is 1. The minimum atomic E-state index is -0.0394. The van der Waals surface area contributed by atoms with Crippen LogP contribution in [0, 0.1) is 0 Å². The Morgan fingerprint density at radius 2 is 2.33 bits per heavy atom. The van der Waals surface area contributed by atoms with Crippen LogP contribution in [0.4, 0.5) is 0 Å². The van der Waals surface area contributed by atoms with E-state index >= 15 is 0 Å². The van der Waals surface area contributed by atoms with E-state index in [0.717, 1.165) is 0 Å². The molecule has 0 bridgehead atoms. The highest BCUT2D eigenvalue weighted by atomic mass is 35.5. The molecule has 1 rings (SSSR count). The minimum Gasteiger partial charge on any atom is -0.287 e.